The maximum atomic E-state index is 10.3. The van der Waals surface area contributed by atoms with Crippen molar-refractivity contribution in [1.82, 2.24) is 4.90 Å². The second-order valence-corrected chi connectivity index (χ2v) is 6.83. The lowest BCUT2D eigenvalue weighted by atomic mass is 9.88. The molecule has 128 valence electrons. The lowest BCUT2D eigenvalue weighted by Crippen LogP contribution is -2.30. The highest BCUT2D eigenvalue weighted by atomic mass is 16.5. The van der Waals surface area contributed by atoms with Crippen LogP contribution in [0.5, 0.6) is 11.5 Å². The van der Waals surface area contributed by atoms with Crippen LogP contribution < -0.4 is 4.74 Å². The van der Waals surface area contributed by atoms with E-state index < -0.39 is 0 Å². The van der Waals surface area contributed by atoms with Crippen LogP contribution in [-0.2, 0) is 6.42 Å². The zero-order chi connectivity index (χ0) is 16.9. The minimum Gasteiger partial charge on any atom is -0.507 e. The zero-order valence-corrected chi connectivity index (χ0v) is 14.7. The second-order valence-electron chi connectivity index (χ2n) is 6.83. The van der Waals surface area contributed by atoms with E-state index in [1.54, 1.807) is 19.2 Å². The molecular formula is C21H27NO2. The van der Waals surface area contributed by atoms with Gasteiger partial charge in [-0.3, -0.25) is 0 Å². The molecule has 1 saturated heterocycles. The maximum Gasteiger partial charge on any atom is 0.123 e. The Hall–Kier alpha value is -2.00. The number of ether oxygens (including phenoxy) is 1. The first kappa shape index (κ1) is 16.8. The molecule has 0 unspecified atom stereocenters. The molecule has 0 spiro atoms. The normalized spacial score (nSPS) is 16.2. The smallest absolute Gasteiger partial charge is 0.123 e. The Bertz CT molecular complexity index is 675. The molecule has 1 aliphatic rings. The van der Waals surface area contributed by atoms with E-state index >= 15 is 0 Å². The summed E-state index contributed by atoms with van der Waals surface area (Å²) in [6, 6.07) is 13.8. The van der Waals surface area contributed by atoms with Crippen molar-refractivity contribution in [3.8, 4) is 22.6 Å². The van der Waals surface area contributed by atoms with E-state index in [1.807, 2.05) is 12.1 Å². The first-order chi connectivity index (χ1) is 11.7. The number of methoxy groups -OCH3 is 1. The predicted molar refractivity (Wildman–Crippen MR) is 98.6 cm³/mol. The van der Waals surface area contributed by atoms with Crippen LogP contribution in [0.4, 0.5) is 0 Å². The molecule has 0 saturated carbocycles. The van der Waals surface area contributed by atoms with Gasteiger partial charge in [-0.05, 0) is 81.1 Å². The van der Waals surface area contributed by atoms with Gasteiger partial charge in [0.1, 0.15) is 11.5 Å². The number of piperidine rings is 1. The highest BCUT2D eigenvalue weighted by Gasteiger charge is 2.17. The number of benzene rings is 2. The van der Waals surface area contributed by atoms with Crippen LogP contribution in [0.25, 0.3) is 11.1 Å². The van der Waals surface area contributed by atoms with E-state index in [2.05, 4.69) is 30.1 Å². The second kappa shape index (κ2) is 7.71. The highest BCUT2D eigenvalue weighted by molar-refractivity contribution is 5.74. The van der Waals surface area contributed by atoms with Gasteiger partial charge >= 0.3 is 0 Å². The summed E-state index contributed by atoms with van der Waals surface area (Å²) in [5.74, 6) is 1.89. The van der Waals surface area contributed by atoms with Crippen LogP contribution in [0, 0.1) is 5.92 Å². The summed E-state index contributed by atoms with van der Waals surface area (Å²) in [4.78, 5) is 2.42. The first-order valence-electron chi connectivity index (χ1n) is 8.81. The Balaban J connectivity index is 1.78. The fourth-order valence-corrected chi connectivity index (χ4v) is 3.57. The fourth-order valence-electron chi connectivity index (χ4n) is 3.57. The van der Waals surface area contributed by atoms with Gasteiger partial charge in [-0.2, -0.15) is 0 Å². The molecular weight excluding hydrogens is 298 g/mol. The van der Waals surface area contributed by atoms with Gasteiger partial charge in [0.2, 0.25) is 0 Å². The lowest BCUT2D eigenvalue weighted by Gasteiger charge is -2.29. The van der Waals surface area contributed by atoms with Crippen LogP contribution in [0.15, 0.2) is 42.5 Å². The standard InChI is InChI=1S/C21H27NO2/c1-22-13-11-16(12-14-22)7-8-17-5-3-4-6-19(17)20-15-18(24-2)9-10-21(20)23/h3-6,9-10,15-16,23H,7-8,11-14H2,1-2H3. The molecule has 3 rings (SSSR count). The van der Waals surface area contributed by atoms with E-state index in [0.717, 1.165) is 29.2 Å². The van der Waals surface area contributed by atoms with Crippen molar-refractivity contribution in [3.05, 3.63) is 48.0 Å². The SMILES string of the molecule is COc1ccc(O)c(-c2ccccc2CCC2CCN(C)CC2)c1. The van der Waals surface area contributed by atoms with Gasteiger partial charge in [0, 0.05) is 5.56 Å². The molecule has 1 heterocycles. The van der Waals surface area contributed by atoms with Crippen molar-refractivity contribution in [2.75, 3.05) is 27.2 Å². The van der Waals surface area contributed by atoms with E-state index in [0.29, 0.717) is 5.75 Å². The van der Waals surface area contributed by atoms with E-state index in [1.165, 1.54) is 37.9 Å². The van der Waals surface area contributed by atoms with Gasteiger partial charge in [-0.1, -0.05) is 24.3 Å². The molecule has 3 heteroatoms. The average Bonchev–Trinajstić information content (AvgIpc) is 2.62. The number of rotatable bonds is 5. The highest BCUT2D eigenvalue weighted by Crippen LogP contribution is 2.35. The van der Waals surface area contributed by atoms with Crippen molar-refractivity contribution in [2.24, 2.45) is 5.92 Å². The van der Waals surface area contributed by atoms with Gasteiger partial charge in [-0.25, -0.2) is 0 Å². The Morgan fingerprint density at radius 2 is 1.83 bits per heavy atom. The largest absolute Gasteiger partial charge is 0.507 e. The molecule has 2 aromatic carbocycles. The Morgan fingerprint density at radius 3 is 2.58 bits per heavy atom. The van der Waals surface area contributed by atoms with Crippen molar-refractivity contribution < 1.29 is 9.84 Å². The summed E-state index contributed by atoms with van der Waals surface area (Å²) >= 11 is 0. The number of phenolic OH excluding ortho intramolecular Hbond substituents is 1. The van der Waals surface area contributed by atoms with E-state index in [9.17, 15) is 5.11 Å². The zero-order valence-electron chi connectivity index (χ0n) is 14.7. The molecule has 0 bridgehead atoms. The molecule has 1 fully saturated rings. The number of likely N-dealkylation sites (tertiary alicyclic amines) is 1. The summed E-state index contributed by atoms with van der Waals surface area (Å²) in [5, 5.41) is 10.3. The number of hydrogen-bond acceptors (Lipinski definition) is 3. The first-order valence-corrected chi connectivity index (χ1v) is 8.81. The van der Waals surface area contributed by atoms with Crippen molar-refractivity contribution >= 4 is 0 Å². The molecule has 24 heavy (non-hydrogen) atoms. The van der Waals surface area contributed by atoms with Crippen molar-refractivity contribution in [2.45, 2.75) is 25.7 Å². The number of nitrogens with zero attached hydrogens (tertiary/aromatic N) is 1. The van der Waals surface area contributed by atoms with Gasteiger partial charge in [0.15, 0.2) is 0 Å². The molecule has 1 aliphatic heterocycles. The third kappa shape index (κ3) is 3.90. The minimum absolute atomic E-state index is 0.308. The average molecular weight is 325 g/mol. The number of phenols is 1. The summed E-state index contributed by atoms with van der Waals surface area (Å²) in [6.45, 7) is 2.42. The monoisotopic (exact) mass is 325 g/mol. The lowest BCUT2D eigenvalue weighted by molar-refractivity contribution is 0.212. The van der Waals surface area contributed by atoms with Gasteiger partial charge in [-0.15, -0.1) is 0 Å². The van der Waals surface area contributed by atoms with Gasteiger partial charge < -0.3 is 14.7 Å². The molecule has 1 N–H and O–H groups in total. The topological polar surface area (TPSA) is 32.7 Å². The third-order valence-electron chi connectivity index (χ3n) is 5.17. The van der Waals surface area contributed by atoms with Crippen LogP contribution in [0.1, 0.15) is 24.8 Å². The third-order valence-corrected chi connectivity index (χ3v) is 5.17. The van der Waals surface area contributed by atoms with E-state index in [-0.39, 0.29) is 0 Å². The van der Waals surface area contributed by atoms with Crippen LogP contribution >= 0.6 is 0 Å². The van der Waals surface area contributed by atoms with Crippen LogP contribution in [-0.4, -0.2) is 37.3 Å². The van der Waals surface area contributed by atoms with Crippen molar-refractivity contribution in [3.63, 3.8) is 0 Å². The van der Waals surface area contributed by atoms with Gasteiger partial charge in [0.25, 0.3) is 0 Å². The summed E-state index contributed by atoms with van der Waals surface area (Å²) in [7, 11) is 3.86. The molecule has 0 aromatic heterocycles. The molecule has 2 aromatic rings. The quantitative estimate of drug-likeness (QED) is 0.887. The van der Waals surface area contributed by atoms with Gasteiger partial charge in [0.05, 0.1) is 7.11 Å². The molecule has 0 aliphatic carbocycles. The molecule has 0 atom stereocenters. The van der Waals surface area contributed by atoms with Crippen LogP contribution in [0.3, 0.4) is 0 Å². The molecule has 3 nitrogen and oxygen atoms in total. The Morgan fingerprint density at radius 1 is 1.08 bits per heavy atom. The predicted octanol–water partition coefficient (Wildman–Crippen LogP) is 4.34. The minimum atomic E-state index is 0.308. The summed E-state index contributed by atoms with van der Waals surface area (Å²) in [6.07, 6.45) is 4.86. The number of hydrogen-bond donors (Lipinski definition) is 1. The Labute approximate surface area is 144 Å². The van der Waals surface area contributed by atoms with Crippen molar-refractivity contribution in [1.29, 1.82) is 0 Å². The summed E-state index contributed by atoms with van der Waals surface area (Å²) < 4.78 is 5.32. The maximum absolute atomic E-state index is 10.3. The fraction of sp³-hybridized carbons (Fsp3) is 0.429. The van der Waals surface area contributed by atoms with E-state index in [4.69, 9.17) is 4.74 Å². The molecule has 0 amide bonds. The Kier molecular flexibility index (Phi) is 5.41. The number of aryl methyl sites for hydroxylation is 1. The number of aromatic hydroxyl groups is 1. The summed E-state index contributed by atoms with van der Waals surface area (Å²) in [5.41, 5.74) is 3.27. The molecule has 0 radical (unpaired) electrons. The van der Waals surface area contributed by atoms with Crippen LogP contribution in [0.2, 0.25) is 0 Å².